The molecule has 0 fully saturated rings. The largest absolute Gasteiger partial charge is 0.468 e. The number of sulfonamides is 1. The van der Waals surface area contributed by atoms with Gasteiger partial charge in [-0.25, -0.2) is 18.1 Å². The van der Waals surface area contributed by atoms with Crippen LogP contribution in [0.5, 0.6) is 0 Å². The highest BCUT2D eigenvalue weighted by molar-refractivity contribution is 7.92. The lowest BCUT2D eigenvalue weighted by molar-refractivity contribution is -0.159. The van der Waals surface area contributed by atoms with Crippen molar-refractivity contribution in [3.63, 3.8) is 0 Å². The van der Waals surface area contributed by atoms with Crippen molar-refractivity contribution >= 4 is 33.7 Å². The third kappa shape index (κ3) is 6.71. The van der Waals surface area contributed by atoms with Crippen LogP contribution in [0.25, 0.3) is 0 Å². The summed E-state index contributed by atoms with van der Waals surface area (Å²) in [6.45, 7) is 2.05. The molecule has 0 spiro atoms. The van der Waals surface area contributed by atoms with E-state index in [0.29, 0.717) is 12.1 Å². The second-order valence-corrected chi connectivity index (χ2v) is 8.42. The van der Waals surface area contributed by atoms with Crippen LogP contribution in [-0.4, -0.2) is 45.6 Å². The number of nitrogens with one attached hydrogen (secondary N) is 2. The number of hydrogen-bond donors (Lipinski definition) is 2. The number of hydrogen-bond acceptors (Lipinski definition) is 9. The molecule has 2 N–H and O–H groups in total. The van der Waals surface area contributed by atoms with E-state index in [-0.39, 0.29) is 10.9 Å². The summed E-state index contributed by atoms with van der Waals surface area (Å²) >= 11 is 0. The molecule has 1 heterocycles. The van der Waals surface area contributed by atoms with Crippen LogP contribution in [0.4, 0.5) is 11.7 Å². The predicted molar refractivity (Wildman–Crippen MR) is 113 cm³/mol. The Morgan fingerprint density at radius 1 is 1.10 bits per heavy atom. The molecule has 0 aliphatic rings. The molecule has 31 heavy (non-hydrogen) atoms. The van der Waals surface area contributed by atoms with Crippen LogP contribution in [0.3, 0.4) is 0 Å². The fourth-order valence-corrected chi connectivity index (χ4v) is 3.95. The van der Waals surface area contributed by atoms with E-state index < -0.39 is 33.9 Å². The number of carbonyl (C=O) groups excluding carboxylic acids is 2. The number of oxazole rings is 1. The van der Waals surface area contributed by atoms with Crippen molar-refractivity contribution in [1.82, 2.24) is 4.98 Å². The Morgan fingerprint density at radius 3 is 2.26 bits per heavy atom. The lowest BCUT2D eigenvalue weighted by Crippen LogP contribution is -2.41. The summed E-state index contributed by atoms with van der Waals surface area (Å²) in [6.07, 6.45) is 5.78. The first-order chi connectivity index (χ1) is 14.8. The van der Waals surface area contributed by atoms with Crippen LogP contribution < -0.4 is 10.0 Å². The van der Waals surface area contributed by atoms with Gasteiger partial charge in [-0.1, -0.05) is 26.2 Å². The van der Waals surface area contributed by atoms with E-state index in [1.165, 1.54) is 38.8 Å². The molecule has 0 saturated carbocycles. The average molecular weight is 454 g/mol. The standard InChI is InChI=1S/C20H27N3O7S/c1-4-5-6-7-16(17(18(24)28-2)19(25)29-3)22-14-8-10-15(11-9-14)31(26,27)23-20-21-12-13-30-20/h8-13,16-17,22H,4-7H2,1-3H3,(H,21,23). The molecule has 2 rings (SSSR count). The number of benzene rings is 1. The van der Waals surface area contributed by atoms with Gasteiger partial charge in [-0.05, 0) is 30.7 Å². The van der Waals surface area contributed by atoms with Crippen molar-refractivity contribution in [2.75, 3.05) is 24.3 Å². The zero-order valence-corrected chi connectivity index (χ0v) is 18.5. The maximum atomic E-state index is 12.4. The topological polar surface area (TPSA) is 137 Å². The fraction of sp³-hybridized carbons (Fsp3) is 0.450. The second kappa shape index (κ2) is 11.3. The monoisotopic (exact) mass is 453 g/mol. The summed E-state index contributed by atoms with van der Waals surface area (Å²) in [5.41, 5.74) is 0.536. The highest BCUT2D eigenvalue weighted by Crippen LogP contribution is 2.23. The van der Waals surface area contributed by atoms with Gasteiger partial charge in [0.15, 0.2) is 5.92 Å². The third-order valence-electron chi connectivity index (χ3n) is 4.60. The molecule has 0 saturated heterocycles. The third-order valence-corrected chi connectivity index (χ3v) is 5.94. The molecule has 0 aliphatic carbocycles. The Balaban J connectivity index is 2.21. The van der Waals surface area contributed by atoms with E-state index in [0.717, 1.165) is 19.3 Å². The zero-order valence-electron chi connectivity index (χ0n) is 17.7. The minimum Gasteiger partial charge on any atom is -0.468 e. The molecule has 1 aromatic heterocycles. The molecule has 0 radical (unpaired) electrons. The molecule has 0 amide bonds. The molecule has 1 aromatic carbocycles. The van der Waals surface area contributed by atoms with Gasteiger partial charge in [0.05, 0.1) is 31.4 Å². The lowest BCUT2D eigenvalue weighted by Gasteiger charge is -2.25. The molecular weight excluding hydrogens is 426 g/mol. The SMILES string of the molecule is CCCCCC(Nc1ccc(S(=O)(=O)Nc2ncco2)cc1)C(C(=O)OC)C(=O)OC. The van der Waals surface area contributed by atoms with E-state index >= 15 is 0 Å². The van der Waals surface area contributed by atoms with Crippen molar-refractivity contribution in [3.05, 3.63) is 36.7 Å². The summed E-state index contributed by atoms with van der Waals surface area (Å²) in [6, 6.07) is 5.14. The predicted octanol–water partition coefficient (Wildman–Crippen LogP) is 2.80. The highest BCUT2D eigenvalue weighted by atomic mass is 32.2. The van der Waals surface area contributed by atoms with E-state index in [1.54, 1.807) is 12.1 Å². The van der Waals surface area contributed by atoms with Gasteiger partial charge in [0, 0.05) is 5.69 Å². The zero-order chi connectivity index (χ0) is 22.9. The van der Waals surface area contributed by atoms with Crippen molar-refractivity contribution < 1.29 is 31.9 Å². The number of ether oxygens (including phenoxy) is 2. The Bertz CT molecular complexity index is 928. The molecule has 0 bridgehead atoms. The van der Waals surface area contributed by atoms with E-state index in [2.05, 4.69) is 15.0 Å². The van der Waals surface area contributed by atoms with Crippen LogP contribution in [0, 0.1) is 5.92 Å². The second-order valence-electron chi connectivity index (χ2n) is 6.74. The van der Waals surface area contributed by atoms with Gasteiger partial charge in [-0.2, -0.15) is 0 Å². The van der Waals surface area contributed by atoms with Gasteiger partial charge in [0.2, 0.25) is 0 Å². The number of carbonyl (C=O) groups is 2. The molecule has 2 aromatic rings. The van der Waals surface area contributed by atoms with Crippen LogP contribution in [0.1, 0.15) is 32.6 Å². The smallest absolute Gasteiger partial charge is 0.322 e. The van der Waals surface area contributed by atoms with Gasteiger partial charge in [0.1, 0.15) is 6.26 Å². The summed E-state index contributed by atoms with van der Waals surface area (Å²) in [4.78, 5) is 28.2. The number of unbranched alkanes of at least 4 members (excludes halogenated alkanes) is 2. The normalized spacial score (nSPS) is 12.3. The first-order valence-corrected chi connectivity index (χ1v) is 11.2. The molecule has 1 atom stereocenters. The molecule has 10 nitrogen and oxygen atoms in total. The lowest BCUT2D eigenvalue weighted by atomic mass is 9.94. The number of nitrogens with zero attached hydrogens (tertiary/aromatic N) is 1. The van der Waals surface area contributed by atoms with E-state index in [9.17, 15) is 18.0 Å². The van der Waals surface area contributed by atoms with Crippen LogP contribution in [-0.2, 0) is 29.1 Å². The Morgan fingerprint density at radius 2 is 1.74 bits per heavy atom. The minimum absolute atomic E-state index is 0.00345. The molecule has 1 unspecified atom stereocenters. The molecule has 170 valence electrons. The van der Waals surface area contributed by atoms with Crippen molar-refractivity contribution in [2.24, 2.45) is 5.92 Å². The van der Waals surface area contributed by atoms with Crippen molar-refractivity contribution in [3.8, 4) is 0 Å². The molecule has 11 heteroatoms. The molecule has 0 aliphatic heterocycles. The number of anilines is 2. The molecular formula is C20H27N3O7S. The number of esters is 2. The number of rotatable bonds is 12. The van der Waals surface area contributed by atoms with E-state index in [1.807, 2.05) is 6.92 Å². The summed E-state index contributed by atoms with van der Waals surface area (Å²) in [7, 11) is -1.46. The van der Waals surface area contributed by atoms with Crippen molar-refractivity contribution in [2.45, 2.75) is 43.5 Å². The van der Waals surface area contributed by atoms with Crippen molar-refractivity contribution in [1.29, 1.82) is 0 Å². The summed E-state index contributed by atoms with van der Waals surface area (Å²) in [5, 5.41) is 3.14. The highest BCUT2D eigenvalue weighted by Gasteiger charge is 2.36. The quantitative estimate of drug-likeness (QED) is 0.282. The average Bonchev–Trinajstić information content (AvgIpc) is 3.26. The van der Waals surface area contributed by atoms with Gasteiger partial charge >= 0.3 is 18.0 Å². The van der Waals surface area contributed by atoms with Crippen LogP contribution in [0.2, 0.25) is 0 Å². The summed E-state index contributed by atoms with van der Waals surface area (Å²) in [5.74, 6) is -2.55. The maximum absolute atomic E-state index is 12.4. The summed E-state index contributed by atoms with van der Waals surface area (Å²) < 4.78 is 41.5. The maximum Gasteiger partial charge on any atom is 0.322 e. The fourth-order valence-electron chi connectivity index (χ4n) is 3.01. The Labute approximate surface area is 181 Å². The van der Waals surface area contributed by atoms with Gasteiger partial charge < -0.3 is 19.2 Å². The van der Waals surface area contributed by atoms with Gasteiger partial charge in [-0.15, -0.1) is 0 Å². The van der Waals surface area contributed by atoms with Crippen LogP contribution >= 0.6 is 0 Å². The first-order valence-electron chi connectivity index (χ1n) is 9.77. The Kier molecular flexibility index (Phi) is 8.86. The van der Waals surface area contributed by atoms with Gasteiger partial charge in [-0.3, -0.25) is 9.59 Å². The first kappa shape index (κ1) is 24.2. The Hall–Kier alpha value is -3.08. The van der Waals surface area contributed by atoms with E-state index in [4.69, 9.17) is 13.9 Å². The van der Waals surface area contributed by atoms with Gasteiger partial charge in [0.25, 0.3) is 10.0 Å². The number of methoxy groups -OCH3 is 2. The number of aromatic nitrogens is 1. The van der Waals surface area contributed by atoms with Crippen LogP contribution in [0.15, 0.2) is 46.0 Å². The minimum atomic E-state index is -3.88.